The van der Waals surface area contributed by atoms with E-state index in [1.54, 1.807) is 7.05 Å². The molecule has 1 aromatic rings. The summed E-state index contributed by atoms with van der Waals surface area (Å²) in [5, 5.41) is 0. The minimum absolute atomic E-state index is 0.272. The smallest absolute Gasteiger partial charge is 0.330 e. The van der Waals surface area contributed by atoms with E-state index in [2.05, 4.69) is 4.90 Å². The van der Waals surface area contributed by atoms with E-state index in [1.807, 2.05) is 0 Å². The lowest BCUT2D eigenvalue weighted by Crippen LogP contribution is -2.38. The predicted octanol–water partition coefficient (Wildman–Crippen LogP) is 0.698. The molecule has 0 bridgehead atoms. The standard InChI is InChI=1S/C12H17N3O2S2/c1-13-9(7-10(16)14(2)11(13)17)8-19-12(18)15-5-3-4-6-15/h7H,3-6,8H2,1-2H3. The highest BCUT2D eigenvalue weighted by Gasteiger charge is 2.15. The molecule has 1 aliphatic heterocycles. The van der Waals surface area contributed by atoms with E-state index < -0.39 is 0 Å². The Morgan fingerprint density at radius 1 is 1.26 bits per heavy atom. The van der Waals surface area contributed by atoms with Gasteiger partial charge >= 0.3 is 5.69 Å². The summed E-state index contributed by atoms with van der Waals surface area (Å²) in [5.41, 5.74) is 0.139. The second-order valence-corrected chi connectivity index (χ2v) is 6.23. The first-order valence-corrected chi connectivity index (χ1v) is 7.57. The van der Waals surface area contributed by atoms with E-state index in [-0.39, 0.29) is 11.2 Å². The molecule has 0 atom stereocenters. The van der Waals surface area contributed by atoms with Gasteiger partial charge in [0, 0.05) is 44.7 Å². The van der Waals surface area contributed by atoms with Crippen molar-refractivity contribution in [1.82, 2.24) is 14.0 Å². The van der Waals surface area contributed by atoms with Crippen molar-refractivity contribution in [3.8, 4) is 0 Å². The third kappa shape index (κ3) is 3.09. The largest absolute Gasteiger partial charge is 0.358 e. The maximum absolute atomic E-state index is 11.8. The van der Waals surface area contributed by atoms with Crippen molar-refractivity contribution < 1.29 is 0 Å². The van der Waals surface area contributed by atoms with Crippen LogP contribution in [0.4, 0.5) is 0 Å². The summed E-state index contributed by atoms with van der Waals surface area (Å²) in [7, 11) is 3.16. The Morgan fingerprint density at radius 3 is 2.53 bits per heavy atom. The number of hydrogen-bond donors (Lipinski definition) is 0. The fourth-order valence-corrected chi connectivity index (χ4v) is 3.32. The zero-order valence-corrected chi connectivity index (χ0v) is 12.7. The highest BCUT2D eigenvalue weighted by Crippen LogP contribution is 2.19. The van der Waals surface area contributed by atoms with Crippen LogP contribution in [0.2, 0.25) is 0 Å². The Kier molecular flexibility index (Phi) is 4.46. The Morgan fingerprint density at radius 2 is 1.89 bits per heavy atom. The van der Waals surface area contributed by atoms with Crippen molar-refractivity contribution in [2.24, 2.45) is 14.1 Å². The van der Waals surface area contributed by atoms with Crippen molar-refractivity contribution in [2.45, 2.75) is 18.6 Å². The van der Waals surface area contributed by atoms with Crippen LogP contribution in [0, 0.1) is 0 Å². The molecule has 1 aliphatic rings. The van der Waals surface area contributed by atoms with Crippen LogP contribution in [0.15, 0.2) is 15.7 Å². The van der Waals surface area contributed by atoms with Crippen molar-refractivity contribution in [2.75, 3.05) is 13.1 Å². The Hall–Kier alpha value is -1.08. The van der Waals surface area contributed by atoms with Gasteiger partial charge in [0.05, 0.1) is 0 Å². The number of likely N-dealkylation sites (tertiary alicyclic amines) is 1. The Labute approximate surface area is 121 Å². The first-order chi connectivity index (χ1) is 9.00. The average Bonchev–Trinajstić information content (AvgIpc) is 2.92. The van der Waals surface area contributed by atoms with Crippen LogP contribution < -0.4 is 11.2 Å². The summed E-state index contributed by atoms with van der Waals surface area (Å²) < 4.78 is 3.46. The maximum Gasteiger partial charge on any atom is 0.330 e. The summed E-state index contributed by atoms with van der Waals surface area (Å²) in [6.07, 6.45) is 2.37. The second-order valence-electron chi connectivity index (χ2n) is 4.62. The number of nitrogens with zero attached hydrogens (tertiary/aromatic N) is 3. The van der Waals surface area contributed by atoms with Crippen LogP contribution in [-0.2, 0) is 19.8 Å². The first-order valence-electron chi connectivity index (χ1n) is 6.18. The topological polar surface area (TPSA) is 47.2 Å². The lowest BCUT2D eigenvalue weighted by molar-refractivity contribution is 0.539. The van der Waals surface area contributed by atoms with E-state index in [4.69, 9.17) is 12.2 Å². The molecule has 2 rings (SSSR count). The lowest BCUT2D eigenvalue weighted by atomic mass is 10.4. The third-order valence-corrected chi connectivity index (χ3v) is 4.89. The Balaban J connectivity index is 2.10. The van der Waals surface area contributed by atoms with E-state index in [0.29, 0.717) is 11.4 Å². The lowest BCUT2D eigenvalue weighted by Gasteiger charge is -2.18. The molecule has 0 unspecified atom stereocenters. The van der Waals surface area contributed by atoms with Gasteiger partial charge in [-0.1, -0.05) is 24.0 Å². The average molecular weight is 299 g/mol. The van der Waals surface area contributed by atoms with Gasteiger partial charge in [0.25, 0.3) is 5.56 Å². The van der Waals surface area contributed by atoms with Crippen molar-refractivity contribution in [1.29, 1.82) is 0 Å². The maximum atomic E-state index is 11.8. The summed E-state index contributed by atoms with van der Waals surface area (Å²) in [6, 6.07) is 1.50. The minimum Gasteiger partial charge on any atom is -0.358 e. The number of rotatable bonds is 2. The molecule has 0 N–H and O–H groups in total. The first kappa shape index (κ1) is 14.3. The van der Waals surface area contributed by atoms with Crippen LogP contribution in [0.3, 0.4) is 0 Å². The number of thiocarbonyl (C=S) groups is 1. The van der Waals surface area contributed by atoms with E-state index >= 15 is 0 Å². The fourth-order valence-electron chi connectivity index (χ4n) is 2.04. The van der Waals surface area contributed by atoms with Gasteiger partial charge in [0.1, 0.15) is 4.32 Å². The molecule has 19 heavy (non-hydrogen) atoms. The quantitative estimate of drug-likeness (QED) is 0.752. The van der Waals surface area contributed by atoms with Gasteiger partial charge in [0.2, 0.25) is 0 Å². The molecule has 1 saturated heterocycles. The summed E-state index contributed by atoms with van der Waals surface area (Å²) >= 11 is 6.88. The summed E-state index contributed by atoms with van der Waals surface area (Å²) in [5.74, 6) is 0.553. The fraction of sp³-hybridized carbons (Fsp3) is 0.583. The predicted molar refractivity (Wildman–Crippen MR) is 81.6 cm³/mol. The van der Waals surface area contributed by atoms with Gasteiger partial charge in [-0.25, -0.2) is 4.79 Å². The van der Waals surface area contributed by atoms with E-state index in [0.717, 1.165) is 22.0 Å². The number of aromatic nitrogens is 2. The normalized spacial score (nSPS) is 14.9. The van der Waals surface area contributed by atoms with Gasteiger partial charge < -0.3 is 4.90 Å². The van der Waals surface area contributed by atoms with Crippen LogP contribution in [-0.4, -0.2) is 31.4 Å². The second kappa shape index (κ2) is 5.92. The molecule has 0 aromatic carbocycles. The van der Waals surface area contributed by atoms with Gasteiger partial charge in [-0.2, -0.15) is 0 Å². The number of thioether (sulfide) groups is 1. The molecule has 1 aromatic heterocycles. The van der Waals surface area contributed by atoms with Crippen molar-refractivity contribution in [3.05, 3.63) is 32.6 Å². The third-order valence-electron chi connectivity index (χ3n) is 3.33. The van der Waals surface area contributed by atoms with Crippen LogP contribution in [0.25, 0.3) is 0 Å². The van der Waals surface area contributed by atoms with Crippen LogP contribution >= 0.6 is 24.0 Å². The molecule has 2 heterocycles. The molecule has 1 fully saturated rings. The minimum atomic E-state index is -0.296. The monoisotopic (exact) mass is 299 g/mol. The van der Waals surface area contributed by atoms with Gasteiger partial charge in [-0.15, -0.1) is 0 Å². The molecule has 0 radical (unpaired) electrons. The molecule has 104 valence electrons. The highest BCUT2D eigenvalue weighted by atomic mass is 32.2. The molecule has 0 spiro atoms. The zero-order chi connectivity index (χ0) is 14.0. The molecule has 5 nitrogen and oxygen atoms in total. The van der Waals surface area contributed by atoms with Gasteiger partial charge in [0.15, 0.2) is 0 Å². The molecule has 0 saturated carbocycles. The van der Waals surface area contributed by atoms with E-state index in [9.17, 15) is 9.59 Å². The molecular weight excluding hydrogens is 282 g/mol. The molecule has 0 aliphatic carbocycles. The Bertz CT molecular complexity index is 600. The zero-order valence-electron chi connectivity index (χ0n) is 11.1. The molecule has 7 heteroatoms. The van der Waals surface area contributed by atoms with E-state index in [1.165, 1.54) is 42.3 Å². The SMILES string of the molecule is Cn1c(CSC(=S)N2CCCC2)cc(=O)n(C)c1=O. The van der Waals surface area contributed by atoms with Crippen LogP contribution in [0.1, 0.15) is 18.5 Å². The van der Waals surface area contributed by atoms with Crippen LogP contribution in [0.5, 0.6) is 0 Å². The molecular formula is C12H17N3O2S2. The van der Waals surface area contributed by atoms with Crippen molar-refractivity contribution >= 4 is 28.3 Å². The molecule has 0 amide bonds. The number of hydrogen-bond acceptors (Lipinski definition) is 4. The van der Waals surface area contributed by atoms with Gasteiger partial charge in [-0.3, -0.25) is 13.9 Å². The van der Waals surface area contributed by atoms with Crippen molar-refractivity contribution in [3.63, 3.8) is 0 Å². The summed E-state index contributed by atoms with van der Waals surface area (Å²) in [4.78, 5) is 25.6. The highest BCUT2D eigenvalue weighted by molar-refractivity contribution is 8.22. The van der Waals surface area contributed by atoms with Gasteiger partial charge in [-0.05, 0) is 12.8 Å². The summed E-state index contributed by atoms with van der Waals surface area (Å²) in [6.45, 7) is 2.03.